The summed E-state index contributed by atoms with van der Waals surface area (Å²) in [5.74, 6) is 0.0828. The van der Waals surface area contributed by atoms with E-state index in [0.717, 1.165) is 54.1 Å². The van der Waals surface area contributed by atoms with Gasteiger partial charge in [0.25, 0.3) is 5.91 Å². The number of carbonyl (C=O) groups is 1. The minimum atomic E-state index is -4.69. The molecule has 3 aliphatic rings. The molecule has 1 fully saturated rings. The predicted molar refractivity (Wildman–Crippen MR) is 144 cm³/mol. The number of nitrogens with zero attached hydrogens (tertiary/aromatic N) is 3. The predicted octanol–water partition coefficient (Wildman–Crippen LogP) is 6.30. The number of nitrogens with one attached hydrogen (secondary N) is 1. The van der Waals surface area contributed by atoms with Crippen LogP contribution in [0.15, 0.2) is 67.0 Å². The SMILES string of the molecule is CCc1nc2ccn(C)cc-2c1C(=O)NCc1ccc(C2CCN(c3ccc(OC(F)(F)F)cc3)CC2)cc1. The molecule has 0 atom stereocenters. The van der Waals surface area contributed by atoms with Crippen LogP contribution < -0.4 is 15.0 Å². The van der Waals surface area contributed by atoms with Gasteiger partial charge in [-0.25, -0.2) is 0 Å². The lowest BCUT2D eigenvalue weighted by Crippen LogP contribution is -2.32. The molecule has 0 radical (unpaired) electrons. The summed E-state index contributed by atoms with van der Waals surface area (Å²) in [7, 11) is 1.93. The van der Waals surface area contributed by atoms with Crippen LogP contribution >= 0.6 is 0 Å². The van der Waals surface area contributed by atoms with Crippen LogP contribution in [0.3, 0.4) is 0 Å². The summed E-state index contributed by atoms with van der Waals surface area (Å²) < 4.78 is 43.1. The molecule has 5 rings (SSSR count). The van der Waals surface area contributed by atoms with Gasteiger partial charge < -0.3 is 19.5 Å². The normalized spacial score (nSPS) is 14.5. The molecule has 39 heavy (non-hydrogen) atoms. The molecule has 2 aromatic rings. The first-order valence-corrected chi connectivity index (χ1v) is 13.1. The highest BCUT2D eigenvalue weighted by Crippen LogP contribution is 2.32. The summed E-state index contributed by atoms with van der Waals surface area (Å²) in [5, 5.41) is 3.06. The summed E-state index contributed by atoms with van der Waals surface area (Å²) >= 11 is 0. The van der Waals surface area contributed by atoms with Crippen molar-refractivity contribution in [1.29, 1.82) is 0 Å². The van der Waals surface area contributed by atoms with Gasteiger partial charge in [0, 0.05) is 50.3 Å². The summed E-state index contributed by atoms with van der Waals surface area (Å²) in [5.41, 5.74) is 6.32. The lowest BCUT2D eigenvalue weighted by molar-refractivity contribution is -0.274. The van der Waals surface area contributed by atoms with E-state index >= 15 is 0 Å². The van der Waals surface area contributed by atoms with Gasteiger partial charge in [0.2, 0.25) is 0 Å². The number of hydrogen-bond donors (Lipinski definition) is 1. The fourth-order valence-corrected chi connectivity index (χ4v) is 5.25. The van der Waals surface area contributed by atoms with Crippen LogP contribution in [0, 0.1) is 0 Å². The van der Waals surface area contributed by atoms with Crippen molar-refractivity contribution in [3.8, 4) is 17.0 Å². The summed E-state index contributed by atoms with van der Waals surface area (Å²) in [6, 6.07) is 16.3. The average molecular weight is 537 g/mol. The quantitative estimate of drug-likeness (QED) is 0.301. The highest BCUT2D eigenvalue weighted by atomic mass is 19.4. The fourth-order valence-electron chi connectivity index (χ4n) is 5.25. The molecule has 0 aliphatic carbocycles. The third-order valence-electron chi connectivity index (χ3n) is 7.29. The minimum absolute atomic E-state index is 0.116. The molecule has 0 unspecified atom stereocenters. The number of carbonyl (C=O) groups excluding carboxylic acids is 1. The van der Waals surface area contributed by atoms with E-state index in [0.29, 0.717) is 24.4 Å². The molecule has 2 aromatic carbocycles. The topological polar surface area (TPSA) is 59.4 Å². The zero-order valence-corrected chi connectivity index (χ0v) is 22.0. The Kier molecular flexibility index (Phi) is 7.50. The monoisotopic (exact) mass is 536 g/mol. The molecule has 0 aromatic heterocycles. The third kappa shape index (κ3) is 6.19. The number of hydrogen-bond acceptors (Lipinski definition) is 4. The van der Waals surface area contributed by atoms with Gasteiger partial charge in [0.05, 0.1) is 17.0 Å². The van der Waals surface area contributed by atoms with Gasteiger partial charge in [-0.3, -0.25) is 9.78 Å². The third-order valence-corrected chi connectivity index (χ3v) is 7.29. The van der Waals surface area contributed by atoms with E-state index in [-0.39, 0.29) is 11.7 Å². The van der Waals surface area contributed by atoms with E-state index in [1.807, 2.05) is 37.0 Å². The number of rotatable bonds is 7. The number of alkyl halides is 3. The van der Waals surface area contributed by atoms with Gasteiger partial charge in [0.15, 0.2) is 0 Å². The summed E-state index contributed by atoms with van der Waals surface area (Å²) in [6.07, 6.45) is 1.76. The molecule has 3 heterocycles. The van der Waals surface area contributed by atoms with E-state index in [9.17, 15) is 18.0 Å². The molecule has 1 amide bonds. The van der Waals surface area contributed by atoms with Crippen molar-refractivity contribution in [1.82, 2.24) is 14.9 Å². The Morgan fingerprint density at radius 1 is 1.05 bits per heavy atom. The van der Waals surface area contributed by atoms with E-state index in [2.05, 4.69) is 44.2 Å². The molecular weight excluding hydrogens is 505 g/mol. The lowest BCUT2D eigenvalue weighted by Gasteiger charge is -2.34. The first-order valence-electron chi connectivity index (χ1n) is 13.1. The molecule has 3 aliphatic heterocycles. The Bertz CT molecular complexity index is 1390. The van der Waals surface area contributed by atoms with E-state index in [1.54, 1.807) is 12.1 Å². The Morgan fingerprint density at radius 2 is 1.74 bits per heavy atom. The highest BCUT2D eigenvalue weighted by molar-refractivity contribution is 6.02. The van der Waals surface area contributed by atoms with Crippen LogP contribution in [0.2, 0.25) is 0 Å². The van der Waals surface area contributed by atoms with Gasteiger partial charge in [-0.2, -0.15) is 0 Å². The number of piperidine rings is 1. The number of pyridine rings is 1. The Hall–Kier alpha value is -4.01. The van der Waals surface area contributed by atoms with Crippen molar-refractivity contribution in [3.05, 3.63) is 89.4 Å². The molecular formula is C30H31F3N4O2. The second kappa shape index (κ2) is 11.0. The van der Waals surface area contributed by atoms with Crippen molar-refractivity contribution < 1.29 is 22.7 Å². The number of amides is 1. The summed E-state index contributed by atoms with van der Waals surface area (Å²) in [6.45, 7) is 4.08. The zero-order chi connectivity index (χ0) is 27.6. The maximum Gasteiger partial charge on any atom is 0.573 e. The molecule has 204 valence electrons. The molecule has 0 bridgehead atoms. The van der Waals surface area contributed by atoms with Crippen LogP contribution in [-0.2, 0) is 20.0 Å². The molecule has 9 heteroatoms. The maximum atomic E-state index is 13.1. The van der Waals surface area contributed by atoms with Crippen molar-refractivity contribution in [2.75, 3.05) is 18.0 Å². The van der Waals surface area contributed by atoms with Crippen molar-refractivity contribution in [2.45, 2.75) is 45.0 Å². The zero-order valence-electron chi connectivity index (χ0n) is 22.0. The van der Waals surface area contributed by atoms with Crippen molar-refractivity contribution in [2.24, 2.45) is 7.05 Å². The maximum absolute atomic E-state index is 13.1. The average Bonchev–Trinajstić information content (AvgIpc) is 3.29. The van der Waals surface area contributed by atoms with Gasteiger partial charge in [-0.15, -0.1) is 13.2 Å². The molecule has 1 N–H and O–H groups in total. The van der Waals surface area contributed by atoms with Crippen molar-refractivity contribution >= 4 is 11.6 Å². The first kappa shape index (κ1) is 26.6. The molecule has 1 saturated heterocycles. The lowest BCUT2D eigenvalue weighted by atomic mass is 9.89. The highest BCUT2D eigenvalue weighted by Gasteiger charge is 2.31. The molecule has 0 saturated carbocycles. The smallest absolute Gasteiger partial charge is 0.406 e. The van der Waals surface area contributed by atoms with Crippen LogP contribution in [0.1, 0.15) is 52.9 Å². The fraction of sp³-hybridized carbons (Fsp3) is 0.333. The van der Waals surface area contributed by atoms with Crippen LogP contribution in [0.5, 0.6) is 5.75 Å². The second-order valence-electron chi connectivity index (χ2n) is 9.92. The van der Waals surface area contributed by atoms with Crippen LogP contribution in [0.25, 0.3) is 11.3 Å². The van der Waals surface area contributed by atoms with Gasteiger partial charge in [-0.1, -0.05) is 31.2 Å². The van der Waals surface area contributed by atoms with E-state index < -0.39 is 6.36 Å². The summed E-state index contributed by atoms with van der Waals surface area (Å²) in [4.78, 5) is 19.9. The largest absolute Gasteiger partial charge is 0.573 e. The molecule has 0 spiro atoms. The van der Waals surface area contributed by atoms with Gasteiger partial charge in [-0.05, 0) is 66.6 Å². The first-order chi connectivity index (χ1) is 18.7. The number of halogens is 3. The number of fused-ring (bicyclic) bond motifs is 1. The van der Waals surface area contributed by atoms with E-state index in [4.69, 9.17) is 0 Å². The number of aromatic nitrogens is 2. The van der Waals surface area contributed by atoms with Crippen LogP contribution in [0.4, 0.5) is 18.9 Å². The van der Waals surface area contributed by atoms with E-state index in [1.165, 1.54) is 17.7 Å². The Labute approximate surface area is 225 Å². The Morgan fingerprint density at radius 3 is 2.38 bits per heavy atom. The standard InChI is InChI=1S/C30H31F3N4O2/c1-3-26-28(25-19-36(2)15-14-27(25)35-26)29(38)34-18-20-4-6-21(7-5-20)22-12-16-37(17-13-22)23-8-10-24(11-9-23)39-30(31,32)33/h4-11,14-15,19,22H,3,12-13,16-18H2,1-2H3,(H,34,38). The van der Waals surface area contributed by atoms with Gasteiger partial charge in [0.1, 0.15) is 5.75 Å². The minimum Gasteiger partial charge on any atom is -0.406 e. The number of anilines is 1. The molecule has 6 nitrogen and oxygen atoms in total. The number of ether oxygens (including phenoxy) is 1. The van der Waals surface area contributed by atoms with Gasteiger partial charge >= 0.3 is 6.36 Å². The van der Waals surface area contributed by atoms with Crippen LogP contribution in [-0.4, -0.2) is 34.9 Å². The Balaban J connectivity index is 1.15. The number of benzene rings is 2. The number of aryl methyl sites for hydroxylation is 2. The van der Waals surface area contributed by atoms with Crippen molar-refractivity contribution in [3.63, 3.8) is 0 Å². The second-order valence-corrected chi connectivity index (χ2v) is 9.92.